The Morgan fingerprint density at radius 1 is 1.48 bits per heavy atom. The first kappa shape index (κ1) is 22.3. The van der Waals surface area contributed by atoms with Crippen molar-refractivity contribution in [3.05, 3.63) is 62.5 Å². The van der Waals surface area contributed by atoms with Crippen LogP contribution < -0.4 is 4.72 Å². The molecule has 10 heteroatoms. The Morgan fingerprint density at radius 3 is 3.03 bits per heavy atom. The summed E-state index contributed by atoms with van der Waals surface area (Å²) in [7, 11) is 0. The molecule has 3 heterocycles. The summed E-state index contributed by atoms with van der Waals surface area (Å²) >= 11 is 9.58. The molecule has 1 saturated heterocycles. The maximum atomic E-state index is 13.9. The molecule has 1 fully saturated rings. The molecule has 6 nitrogen and oxygen atoms in total. The number of esters is 1. The molecule has 1 aliphatic carbocycles. The van der Waals surface area contributed by atoms with Gasteiger partial charge < -0.3 is 9.64 Å². The number of nitrogens with zero attached hydrogens (tertiary/aromatic N) is 3. The van der Waals surface area contributed by atoms with Crippen LogP contribution in [0.2, 0.25) is 0 Å². The third-order valence-corrected chi connectivity index (χ3v) is 6.88. The van der Waals surface area contributed by atoms with Gasteiger partial charge in [-0.25, -0.2) is 14.2 Å². The van der Waals surface area contributed by atoms with Crippen molar-refractivity contribution in [2.45, 2.75) is 31.8 Å². The van der Waals surface area contributed by atoms with Crippen LogP contribution in [0, 0.1) is 0 Å². The molecule has 0 radical (unpaired) electrons. The lowest BCUT2D eigenvalue weighted by Crippen LogP contribution is -2.39. The van der Waals surface area contributed by atoms with Gasteiger partial charge in [-0.15, -0.1) is 11.3 Å². The van der Waals surface area contributed by atoms with Gasteiger partial charge in [0.15, 0.2) is 10.8 Å². The molecule has 164 valence electrons. The van der Waals surface area contributed by atoms with Gasteiger partial charge in [0.1, 0.15) is 11.9 Å². The zero-order chi connectivity index (χ0) is 22.0. The van der Waals surface area contributed by atoms with E-state index in [2.05, 4.69) is 9.71 Å². The van der Waals surface area contributed by atoms with Crippen LogP contribution in [-0.2, 0) is 9.53 Å². The second-order valence-corrected chi connectivity index (χ2v) is 9.09. The number of thiazole rings is 1. The lowest BCUT2D eigenvalue weighted by atomic mass is 9.93. The number of hydrogen-bond donors (Lipinski definition) is 1. The van der Waals surface area contributed by atoms with Gasteiger partial charge in [-0.3, -0.25) is 9.71 Å². The van der Waals surface area contributed by atoms with Crippen LogP contribution >= 0.6 is 34.9 Å². The summed E-state index contributed by atoms with van der Waals surface area (Å²) in [5.41, 5.74) is 1.89. The smallest absolute Gasteiger partial charge is 0.338 e. The van der Waals surface area contributed by atoms with E-state index in [-0.39, 0.29) is 24.9 Å². The Balaban J connectivity index is 1.87. The van der Waals surface area contributed by atoms with E-state index in [0.717, 1.165) is 10.7 Å². The van der Waals surface area contributed by atoms with Crippen LogP contribution in [-0.4, -0.2) is 53.2 Å². The molecular weight excluding hydrogens is 459 g/mol. The minimum atomic E-state index is -0.694. The first-order chi connectivity index (χ1) is 15.0. The van der Waals surface area contributed by atoms with E-state index in [1.165, 1.54) is 35.4 Å². The Kier molecular flexibility index (Phi) is 6.95. The number of allylic oxidation sites excluding steroid dienone is 4. The maximum absolute atomic E-state index is 13.9. The summed E-state index contributed by atoms with van der Waals surface area (Å²) in [6, 6.07) is -0.563. The Morgan fingerprint density at radius 2 is 2.32 bits per heavy atom. The van der Waals surface area contributed by atoms with Crippen molar-refractivity contribution in [1.82, 2.24) is 14.6 Å². The molecule has 0 amide bonds. The summed E-state index contributed by atoms with van der Waals surface area (Å²) in [4.78, 5) is 24.6. The number of fused-ring (bicyclic) bond motifs is 1. The van der Waals surface area contributed by atoms with Crippen molar-refractivity contribution >= 4 is 46.7 Å². The minimum Gasteiger partial charge on any atom is -0.463 e. The third-order valence-electron chi connectivity index (χ3n) is 5.17. The fourth-order valence-corrected chi connectivity index (χ4v) is 5.28. The van der Waals surface area contributed by atoms with Gasteiger partial charge in [-0.2, -0.15) is 0 Å². The van der Waals surface area contributed by atoms with E-state index in [4.69, 9.17) is 21.3 Å². The molecule has 0 saturated carbocycles. The number of amidine groups is 1. The Hall–Kier alpha value is -1.94. The van der Waals surface area contributed by atoms with Crippen molar-refractivity contribution in [1.29, 1.82) is 0 Å². The molecule has 1 N–H and O–H groups in total. The molecule has 2 aliphatic heterocycles. The van der Waals surface area contributed by atoms with Gasteiger partial charge in [0, 0.05) is 47.7 Å². The summed E-state index contributed by atoms with van der Waals surface area (Å²) in [5, 5.41) is 3.10. The zero-order valence-corrected chi connectivity index (χ0v) is 19.5. The largest absolute Gasteiger partial charge is 0.463 e. The lowest BCUT2D eigenvalue weighted by molar-refractivity contribution is -0.138. The number of ether oxygens (including phenoxy) is 1. The molecule has 0 bridgehead atoms. The van der Waals surface area contributed by atoms with Crippen LogP contribution in [0.4, 0.5) is 4.39 Å². The molecule has 4 rings (SSSR count). The number of rotatable bonds is 6. The van der Waals surface area contributed by atoms with Crippen LogP contribution in [0.3, 0.4) is 0 Å². The van der Waals surface area contributed by atoms with Crippen molar-refractivity contribution in [2.24, 2.45) is 4.99 Å². The van der Waals surface area contributed by atoms with Gasteiger partial charge >= 0.3 is 5.97 Å². The van der Waals surface area contributed by atoms with Crippen molar-refractivity contribution in [3.63, 3.8) is 0 Å². The second kappa shape index (κ2) is 9.68. The fourth-order valence-electron chi connectivity index (χ4n) is 3.91. The molecule has 0 spiro atoms. The summed E-state index contributed by atoms with van der Waals surface area (Å²) in [6.07, 6.45) is 8.95. The normalized spacial score (nSPS) is 23.5. The molecule has 2 unspecified atom stereocenters. The Labute approximate surface area is 193 Å². The Bertz CT molecular complexity index is 1020. The number of carbonyl (C=O) groups is 1. The lowest BCUT2D eigenvalue weighted by Gasteiger charge is -2.32. The number of carbonyl (C=O) groups excluding carboxylic acids is 1. The standard InChI is InChI=1S/C21H22ClFN4O2S2/c1-3-29-21(28)17-16-10-13(26-30-2)11-27(16)19(20-24-8-9-31-20)25-18(17)14-6-4-12(23)5-7-15(14)22/h4-6,8-9,13,18,26H,3,7,10-11H2,1-2H3. The predicted molar refractivity (Wildman–Crippen MR) is 124 cm³/mol. The molecule has 31 heavy (non-hydrogen) atoms. The van der Waals surface area contributed by atoms with Crippen molar-refractivity contribution in [3.8, 4) is 0 Å². The summed E-state index contributed by atoms with van der Waals surface area (Å²) in [6.45, 7) is 2.67. The quantitative estimate of drug-likeness (QED) is 0.482. The van der Waals surface area contributed by atoms with E-state index in [1.807, 2.05) is 16.5 Å². The van der Waals surface area contributed by atoms with Gasteiger partial charge in [0.2, 0.25) is 0 Å². The van der Waals surface area contributed by atoms with Gasteiger partial charge in [0.05, 0.1) is 12.2 Å². The molecule has 3 aliphatic rings. The fraction of sp³-hybridized carbons (Fsp3) is 0.381. The van der Waals surface area contributed by atoms with Crippen molar-refractivity contribution in [2.75, 3.05) is 19.4 Å². The van der Waals surface area contributed by atoms with Gasteiger partial charge in [-0.05, 0) is 30.9 Å². The van der Waals surface area contributed by atoms with E-state index in [1.54, 1.807) is 19.2 Å². The van der Waals surface area contributed by atoms with Crippen LogP contribution in [0.5, 0.6) is 0 Å². The average molecular weight is 481 g/mol. The highest BCUT2D eigenvalue weighted by Gasteiger charge is 2.42. The van der Waals surface area contributed by atoms with Crippen LogP contribution in [0.15, 0.2) is 62.5 Å². The number of aromatic nitrogens is 1. The highest BCUT2D eigenvalue weighted by molar-refractivity contribution is 7.96. The van der Waals surface area contributed by atoms with E-state index < -0.39 is 12.0 Å². The molecule has 0 aromatic carbocycles. The molecule has 2 atom stereocenters. The molecular formula is C21H22ClFN4O2S2. The van der Waals surface area contributed by atoms with Crippen LogP contribution in [0.25, 0.3) is 0 Å². The monoisotopic (exact) mass is 480 g/mol. The molecule has 1 aromatic heterocycles. The second-order valence-electron chi connectivity index (χ2n) is 7.09. The van der Waals surface area contributed by atoms with Crippen molar-refractivity contribution < 1.29 is 13.9 Å². The first-order valence-corrected chi connectivity index (χ1v) is 12.4. The number of hydrogen-bond acceptors (Lipinski definition) is 8. The number of halogens is 2. The topological polar surface area (TPSA) is 66.8 Å². The number of nitrogens with one attached hydrogen (secondary N) is 1. The SMILES string of the molecule is CCOC(=O)C1=C2CC(NSC)CN2C(c2nccs2)=NC1C1=C(Cl)CC=C(F)C=C1. The van der Waals surface area contributed by atoms with Crippen LogP contribution in [0.1, 0.15) is 24.8 Å². The third kappa shape index (κ3) is 4.50. The average Bonchev–Trinajstić information content (AvgIpc) is 3.38. The van der Waals surface area contributed by atoms with E-state index in [9.17, 15) is 9.18 Å². The van der Waals surface area contributed by atoms with E-state index in [0.29, 0.717) is 35.0 Å². The van der Waals surface area contributed by atoms with Gasteiger partial charge in [0.25, 0.3) is 0 Å². The zero-order valence-electron chi connectivity index (χ0n) is 17.1. The minimum absolute atomic E-state index is 0.131. The molecule has 1 aromatic rings. The van der Waals surface area contributed by atoms with E-state index >= 15 is 0 Å². The summed E-state index contributed by atoms with van der Waals surface area (Å²) in [5.74, 6) is -0.107. The first-order valence-electron chi connectivity index (χ1n) is 9.89. The van der Waals surface area contributed by atoms with Gasteiger partial charge in [-0.1, -0.05) is 29.6 Å². The number of aliphatic imine (C=N–C) groups is 1. The highest BCUT2D eigenvalue weighted by Crippen LogP contribution is 2.39. The maximum Gasteiger partial charge on any atom is 0.338 e. The summed E-state index contributed by atoms with van der Waals surface area (Å²) < 4.78 is 22.7. The predicted octanol–water partition coefficient (Wildman–Crippen LogP) is 4.34. The highest BCUT2D eigenvalue weighted by atomic mass is 35.5.